The summed E-state index contributed by atoms with van der Waals surface area (Å²) in [5, 5.41) is 0.579. The van der Waals surface area contributed by atoms with E-state index in [0.29, 0.717) is 30.7 Å². The Labute approximate surface area is 121 Å². The third-order valence-corrected chi connectivity index (χ3v) is 3.22. The summed E-state index contributed by atoms with van der Waals surface area (Å²) in [6.45, 7) is 1.49. The normalized spacial score (nSPS) is 10.9. The number of pyridine rings is 1. The summed E-state index contributed by atoms with van der Waals surface area (Å²) < 4.78 is 7.15. The molecule has 0 saturated heterocycles. The molecule has 0 N–H and O–H groups in total. The van der Waals surface area contributed by atoms with Crippen LogP contribution in [0.3, 0.4) is 0 Å². The SMILES string of the molecule is O=c1c2ccncc2ncn1CCOCc1ccccc1. The Morgan fingerprint density at radius 1 is 1.14 bits per heavy atom. The summed E-state index contributed by atoms with van der Waals surface area (Å²) in [6, 6.07) is 11.6. The highest BCUT2D eigenvalue weighted by molar-refractivity contribution is 5.75. The maximum atomic E-state index is 12.2. The predicted molar refractivity (Wildman–Crippen MR) is 79.9 cm³/mol. The van der Waals surface area contributed by atoms with E-state index in [4.69, 9.17) is 4.74 Å². The molecule has 0 aliphatic carbocycles. The first-order chi connectivity index (χ1) is 10.3. The lowest BCUT2D eigenvalue weighted by Crippen LogP contribution is -2.22. The molecule has 0 saturated carbocycles. The first-order valence-electron chi connectivity index (χ1n) is 6.75. The van der Waals surface area contributed by atoms with Crippen LogP contribution >= 0.6 is 0 Å². The van der Waals surface area contributed by atoms with Crippen LogP contribution in [-0.4, -0.2) is 21.1 Å². The molecule has 0 fully saturated rings. The van der Waals surface area contributed by atoms with Crippen molar-refractivity contribution in [3.8, 4) is 0 Å². The summed E-state index contributed by atoms with van der Waals surface area (Å²) in [7, 11) is 0. The molecule has 2 aromatic heterocycles. The number of rotatable bonds is 5. The average Bonchev–Trinajstić information content (AvgIpc) is 2.55. The number of aromatic nitrogens is 3. The first kappa shape index (κ1) is 13.5. The van der Waals surface area contributed by atoms with Gasteiger partial charge in [0.05, 0.1) is 43.2 Å². The van der Waals surface area contributed by atoms with E-state index in [9.17, 15) is 4.79 Å². The molecule has 0 unspecified atom stereocenters. The Hall–Kier alpha value is -2.53. The second-order valence-corrected chi connectivity index (χ2v) is 4.67. The standard InChI is InChI=1S/C16H15N3O2/c20-16-14-6-7-17-10-15(14)18-12-19(16)8-9-21-11-13-4-2-1-3-5-13/h1-7,10,12H,8-9,11H2. The van der Waals surface area contributed by atoms with Crippen LogP contribution in [0.5, 0.6) is 0 Å². The van der Waals surface area contributed by atoms with Crippen LogP contribution < -0.4 is 5.56 Å². The lowest BCUT2D eigenvalue weighted by atomic mass is 10.2. The highest BCUT2D eigenvalue weighted by Gasteiger charge is 2.03. The molecule has 3 aromatic rings. The van der Waals surface area contributed by atoms with Crippen molar-refractivity contribution in [2.45, 2.75) is 13.2 Å². The van der Waals surface area contributed by atoms with E-state index in [1.807, 2.05) is 30.3 Å². The van der Waals surface area contributed by atoms with E-state index in [1.165, 1.54) is 6.33 Å². The molecule has 0 amide bonds. The maximum absolute atomic E-state index is 12.2. The zero-order valence-electron chi connectivity index (χ0n) is 11.5. The van der Waals surface area contributed by atoms with Crippen molar-refractivity contribution >= 4 is 10.9 Å². The summed E-state index contributed by atoms with van der Waals surface area (Å²) in [5.41, 5.74) is 1.67. The van der Waals surface area contributed by atoms with Gasteiger partial charge in [-0.05, 0) is 11.6 Å². The zero-order chi connectivity index (χ0) is 14.5. The van der Waals surface area contributed by atoms with Crippen molar-refractivity contribution in [3.63, 3.8) is 0 Å². The summed E-state index contributed by atoms with van der Waals surface area (Å²) >= 11 is 0. The van der Waals surface area contributed by atoms with Crippen LogP contribution in [0, 0.1) is 0 Å². The number of fused-ring (bicyclic) bond motifs is 1. The minimum absolute atomic E-state index is 0.0642. The molecule has 0 aliphatic rings. The molecule has 0 radical (unpaired) electrons. The quantitative estimate of drug-likeness (QED) is 0.671. The zero-order valence-corrected chi connectivity index (χ0v) is 11.5. The van der Waals surface area contributed by atoms with Gasteiger partial charge in [-0.2, -0.15) is 0 Å². The van der Waals surface area contributed by atoms with Crippen molar-refractivity contribution in [1.29, 1.82) is 0 Å². The topological polar surface area (TPSA) is 57.0 Å². The number of benzene rings is 1. The molecule has 0 atom stereocenters. The summed E-state index contributed by atoms with van der Waals surface area (Å²) in [6.07, 6.45) is 4.73. The minimum atomic E-state index is -0.0642. The van der Waals surface area contributed by atoms with E-state index in [1.54, 1.807) is 23.0 Å². The third kappa shape index (κ3) is 3.14. The predicted octanol–water partition coefficient (Wildman–Crippen LogP) is 2.01. The Bertz CT molecular complexity index is 784. The second-order valence-electron chi connectivity index (χ2n) is 4.67. The van der Waals surface area contributed by atoms with Gasteiger partial charge in [-0.15, -0.1) is 0 Å². The molecule has 0 aliphatic heterocycles. The molecule has 0 spiro atoms. The van der Waals surface area contributed by atoms with Gasteiger partial charge in [0.2, 0.25) is 0 Å². The van der Waals surface area contributed by atoms with Gasteiger partial charge in [0.25, 0.3) is 5.56 Å². The van der Waals surface area contributed by atoms with Gasteiger partial charge in [-0.25, -0.2) is 4.98 Å². The van der Waals surface area contributed by atoms with E-state index in [-0.39, 0.29) is 5.56 Å². The average molecular weight is 281 g/mol. The fraction of sp³-hybridized carbons (Fsp3) is 0.188. The van der Waals surface area contributed by atoms with Crippen molar-refractivity contribution in [2.24, 2.45) is 0 Å². The van der Waals surface area contributed by atoms with Gasteiger partial charge < -0.3 is 4.74 Å². The Morgan fingerprint density at radius 2 is 2.00 bits per heavy atom. The molecule has 3 rings (SSSR count). The Morgan fingerprint density at radius 3 is 2.86 bits per heavy atom. The molecular weight excluding hydrogens is 266 g/mol. The van der Waals surface area contributed by atoms with Crippen LogP contribution in [0.15, 0.2) is 59.9 Å². The van der Waals surface area contributed by atoms with Gasteiger partial charge in [0.1, 0.15) is 0 Å². The summed E-state index contributed by atoms with van der Waals surface area (Å²) in [5.74, 6) is 0. The molecule has 0 bridgehead atoms. The molecule has 5 nitrogen and oxygen atoms in total. The molecule has 2 heterocycles. The molecule has 5 heteroatoms. The fourth-order valence-corrected chi connectivity index (χ4v) is 2.10. The van der Waals surface area contributed by atoms with E-state index in [0.717, 1.165) is 5.56 Å². The van der Waals surface area contributed by atoms with Crippen LogP contribution in [0.2, 0.25) is 0 Å². The van der Waals surface area contributed by atoms with Crippen LogP contribution in [0.1, 0.15) is 5.56 Å². The monoisotopic (exact) mass is 281 g/mol. The highest BCUT2D eigenvalue weighted by atomic mass is 16.5. The van der Waals surface area contributed by atoms with Gasteiger partial charge in [-0.1, -0.05) is 30.3 Å². The van der Waals surface area contributed by atoms with Crippen LogP contribution in [-0.2, 0) is 17.9 Å². The van der Waals surface area contributed by atoms with Crippen molar-refractivity contribution < 1.29 is 4.74 Å². The summed E-state index contributed by atoms with van der Waals surface area (Å²) in [4.78, 5) is 20.4. The number of nitrogens with zero attached hydrogens (tertiary/aromatic N) is 3. The minimum Gasteiger partial charge on any atom is -0.375 e. The van der Waals surface area contributed by atoms with Gasteiger partial charge in [0.15, 0.2) is 0 Å². The number of hydrogen-bond acceptors (Lipinski definition) is 4. The van der Waals surface area contributed by atoms with Gasteiger partial charge in [-0.3, -0.25) is 14.3 Å². The Balaban J connectivity index is 1.63. The van der Waals surface area contributed by atoms with Crippen molar-refractivity contribution in [3.05, 3.63) is 71.0 Å². The smallest absolute Gasteiger partial charge is 0.261 e. The van der Waals surface area contributed by atoms with E-state index >= 15 is 0 Å². The van der Waals surface area contributed by atoms with Crippen LogP contribution in [0.4, 0.5) is 0 Å². The maximum Gasteiger partial charge on any atom is 0.261 e. The van der Waals surface area contributed by atoms with Crippen molar-refractivity contribution in [2.75, 3.05) is 6.61 Å². The first-order valence-corrected chi connectivity index (χ1v) is 6.75. The van der Waals surface area contributed by atoms with Crippen LogP contribution in [0.25, 0.3) is 10.9 Å². The van der Waals surface area contributed by atoms with Gasteiger partial charge >= 0.3 is 0 Å². The van der Waals surface area contributed by atoms with Gasteiger partial charge in [0, 0.05) is 6.20 Å². The second kappa shape index (κ2) is 6.28. The molecular formula is C16H15N3O2. The largest absolute Gasteiger partial charge is 0.375 e. The lowest BCUT2D eigenvalue weighted by Gasteiger charge is -2.07. The third-order valence-electron chi connectivity index (χ3n) is 3.22. The molecule has 21 heavy (non-hydrogen) atoms. The molecule has 1 aromatic carbocycles. The van der Waals surface area contributed by atoms with E-state index < -0.39 is 0 Å². The number of hydrogen-bond donors (Lipinski definition) is 0. The number of ether oxygens (including phenoxy) is 1. The fourth-order valence-electron chi connectivity index (χ4n) is 2.10. The highest BCUT2D eigenvalue weighted by Crippen LogP contribution is 2.03. The van der Waals surface area contributed by atoms with Crippen molar-refractivity contribution in [1.82, 2.24) is 14.5 Å². The lowest BCUT2D eigenvalue weighted by molar-refractivity contribution is 0.112. The Kier molecular flexibility index (Phi) is 4.02. The van der Waals surface area contributed by atoms with E-state index in [2.05, 4.69) is 9.97 Å². The molecule has 106 valence electrons.